The first-order valence-electron chi connectivity index (χ1n) is 7.49. The zero-order valence-corrected chi connectivity index (χ0v) is 13.0. The van der Waals surface area contributed by atoms with Gasteiger partial charge in [0.25, 0.3) is 0 Å². The molecule has 0 aromatic heterocycles. The fourth-order valence-corrected chi connectivity index (χ4v) is 2.28. The highest BCUT2D eigenvalue weighted by molar-refractivity contribution is 5.90. The van der Waals surface area contributed by atoms with Crippen LogP contribution in [0.15, 0.2) is 0 Å². The van der Waals surface area contributed by atoms with E-state index in [1.54, 1.807) is 4.90 Å². The number of hydrogen-bond acceptors (Lipinski definition) is 3. The second-order valence-corrected chi connectivity index (χ2v) is 5.37. The van der Waals surface area contributed by atoms with E-state index in [1.165, 1.54) is 4.90 Å². The summed E-state index contributed by atoms with van der Waals surface area (Å²) in [6, 6.07) is -1.34. The standard InChI is InChI=1S/C14H25N3O4/c1-4-6-7-16(10(3)5-2)14(21)17-9-12(18)15-8-11(17)13(19)20/h10-11H,4-9H2,1-3H3,(H,15,18)(H,19,20). The van der Waals surface area contributed by atoms with E-state index >= 15 is 0 Å². The maximum absolute atomic E-state index is 12.7. The third-order valence-electron chi connectivity index (χ3n) is 3.83. The Bertz CT molecular complexity index is 400. The van der Waals surface area contributed by atoms with Crippen LogP contribution in [-0.4, -0.2) is 64.5 Å². The molecule has 1 aliphatic rings. The number of unbranched alkanes of at least 4 members (excludes halogenated alkanes) is 1. The van der Waals surface area contributed by atoms with Crippen LogP contribution in [0.25, 0.3) is 0 Å². The van der Waals surface area contributed by atoms with Gasteiger partial charge in [0.05, 0.1) is 0 Å². The first kappa shape index (κ1) is 17.3. The van der Waals surface area contributed by atoms with Crippen molar-refractivity contribution < 1.29 is 19.5 Å². The number of carbonyl (C=O) groups is 3. The van der Waals surface area contributed by atoms with Gasteiger partial charge in [-0.2, -0.15) is 0 Å². The summed E-state index contributed by atoms with van der Waals surface area (Å²) in [7, 11) is 0. The van der Waals surface area contributed by atoms with Crippen molar-refractivity contribution in [3.8, 4) is 0 Å². The minimum absolute atomic E-state index is 0.0171. The minimum Gasteiger partial charge on any atom is -0.480 e. The molecule has 1 heterocycles. The van der Waals surface area contributed by atoms with Gasteiger partial charge in [-0.3, -0.25) is 9.69 Å². The number of hydrogen-bond donors (Lipinski definition) is 2. The summed E-state index contributed by atoms with van der Waals surface area (Å²) < 4.78 is 0. The number of rotatable bonds is 6. The molecule has 0 aromatic rings. The average molecular weight is 299 g/mol. The number of aliphatic carboxylic acids is 1. The van der Waals surface area contributed by atoms with Crippen molar-refractivity contribution in [1.82, 2.24) is 15.1 Å². The highest BCUT2D eigenvalue weighted by atomic mass is 16.4. The molecule has 2 N–H and O–H groups in total. The van der Waals surface area contributed by atoms with Crippen LogP contribution in [0.3, 0.4) is 0 Å². The molecule has 21 heavy (non-hydrogen) atoms. The first-order valence-corrected chi connectivity index (χ1v) is 7.49. The summed E-state index contributed by atoms with van der Waals surface area (Å²) in [5, 5.41) is 11.7. The molecular weight excluding hydrogens is 274 g/mol. The van der Waals surface area contributed by atoms with Gasteiger partial charge in [0.1, 0.15) is 12.6 Å². The summed E-state index contributed by atoms with van der Waals surface area (Å²) in [5.74, 6) is -1.41. The van der Waals surface area contributed by atoms with Crippen molar-refractivity contribution >= 4 is 17.9 Å². The Morgan fingerprint density at radius 3 is 2.67 bits per heavy atom. The lowest BCUT2D eigenvalue weighted by Crippen LogP contribution is -2.62. The number of piperazine rings is 1. The van der Waals surface area contributed by atoms with E-state index in [0.29, 0.717) is 6.54 Å². The summed E-state index contributed by atoms with van der Waals surface area (Å²) in [6.07, 6.45) is 2.59. The van der Waals surface area contributed by atoms with Gasteiger partial charge in [-0.15, -0.1) is 0 Å². The number of nitrogens with one attached hydrogen (secondary N) is 1. The number of nitrogens with zero attached hydrogens (tertiary/aromatic N) is 2. The predicted molar refractivity (Wildman–Crippen MR) is 77.9 cm³/mol. The zero-order valence-electron chi connectivity index (χ0n) is 13.0. The Morgan fingerprint density at radius 1 is 1.48 bits per heavy atom. The van der Waals surface area contributed by atoms with E-state index in [0.717, 1.165) is 19.3 Å². The summed E-state index contributed by atoms with van der Waals surface area (Å²) >= 11 is 0. The third-order valence-corrected chi connectivity index (χ3v) is 3.83. The number of carbonyl (C=O) groups excluding carboxylic acids is 2. The molecule has 2 atom stereocenters. The molecule has 0 aromatic carbocycles. The largest absolute Gasteiger partial charge is 0.480 e. The smallest absolute Gasteiger partial charge is 0.328 e. The molecule has 2 unspecified atom stereocenters. The van der Waals surface area contributed by atoms with E-state index < -0.39 is 12.0 Å². The van der Waals surface area contributed by atoms with Crippen LogP contribution in [0.4, 0.5) is 4.79 Å². The Morgan fingerprint density at radius 2 is 2.14 bits per heavy atom. The average Bonchev–Trinajstić information content (AvgIpc) is 2.46. The fraction of sp³-hybridized carbons (Fsp3) is 0.786. The van der Waals surface area contributed by atoms with E-state index in [-0.39, 0.29) is 31.1 Å². The Hall–Kier alpha value is -1.79. The quantitative estimate of drug-likeness (QED) is 0.762. The van der Waals surface area contributed by atoms with Crippen LogP contribution in [0.5, 0.6) is 0 Å². The van der Waals surface area contributed by atoms with Crippen molar-refractivity contribution in [2.75, 3.05) is 19.6 Å². The monoisotopic (exact) mass is 299 g/mol. The summed E-state index contributed by atoms with van der Waals surface area (Å²) in [6.45, 7) is 6.29. The molecule has 120 valence electrons. The van der Waals surface area contributed by atoms with E-state index in [2.05, 4.69) is 5.32 Å². The van der Waals surface area contributed by atoms with E-state index in [1.807, 2.05) is 20.8 Å². The van der Waals surface area contributed by atoms with Crippen LogP contribution < -0.4 is 5.32 Å². The molecule has 0 radical (unpaired) electrons. The van der Waals surface area contributed by atoms with Crippen molar-refractivity contribution in [2.24, 2.45) is 0 Å². The third kappa shape index (κ3) is 4.34. The Balaban J connectivity index is 2.91. The normalized spacial score (nSPS) is 19.9. The lowest BCUT2D eigenvalue weighted by Gasteiger charge is -2.38. The van der Waals surface area contributed by atoms with Crippen LogP contribution in [0, 0.1) is 0 Å². The Kier molecular flexibility index (Phi) is 6.45. The van der Waals surface area contributed by atoms with Gasteiger partial charge in [0.2, 0.25) is 5.91 Å². The predicted octanol–water partition coefficient (Wildman–Crippen LogP) is 0.892. The van der Waals surface area contributed by atoms with Crippen LogP contribution in [0.2, 0.25) is 0 Å². The van der Waals surface area contributed by atoms with Crippen molar-refractivity contribution in [2.45, 2.75) is 52.1 Å². The minimum atomic E-state index is -1.09. The lowest BCUT2D eigenvalue weighted by atomic mass is 10.1. The number of amides is 3. The topological polar surface area (TPSA) is 90.0 Å². The SMILES string of the molecule is CCCCN(C(=O)N1CC(=O)NCC1C(=O)O)C(C)CC. The highest BCUT2D eigenvalue weighted by Crippen LogP contribution is 2.14. The molecule has 1 rings (SSSR count). The lowest BCUT2D eigenvalue weighted by molar-refractivity contribution is -0.144. The molecule has 0 bridgehead atoms. The van der Waals surface area contributed by atoms with Gasteiger partial charge < -0.3 is 15.3 Å². The van der Waals surface area contributed by atoms with E-state index in [4.69, 9.17) is 0 Å². The van der Waals surface area contributed by atoms with Crippen molar-refractivity contribution in [3.63, 3.8) is 0 Å². The van der Waals surface area contributed by atoms with Crippen molar-refractivity contribution in [3.05, 3.63) is 0 Å². The van der Waals surface area contributed by atoms with Gasteiger partial charge in [-0.25, -0.2) is 9.59 Å². The number of carboxylic acid groups (broad SMARTS) is 1. The molecule has 3 amide bonds. The van der Waals surface area contributed by atoms with Gasteiger partial charge in [0.15, 0.2) is 0 Å². The molecule has 7 heteroatoms. The van der Waals surface area contributed by atoms with Gasteiger partial charge in [0, 0.05) is 19.1 Å². The Labute approximate surface area is 125 Å². The zero-order chi connectivity index (χ0) is 16.0. The molecule has 0 spiro atoms. The van der Waals surface area contributed by atoms with Crippen LogP contribution in [0.1, 0.15) is 40.0 Å². The van der Waals surface area contributed by atoms with E-state index in [9.17, 15) is 19.5 Å². The molecule has 1 aliphatic heterocycles. The maximum Gasteiger partial charge on any atom is 0.328 e. The molecule has 1 saturated heterocycles. The second kappa shape index (κ2) is 7.85. The number of carboxylic acids is 1. The second-order valence-electron chi connectivity index (χ2n) is 5.37. The summed E-state index contributed by atoms with van der Waals surface area (Å²) in [5.41, 5.74) is 0. The maximum atomic E-state index is 12.7. The fourth-order valence-electron chi connectivity index (χ4n) is 2.28. The summed E-state index contributed by atoms with van der Waals surface area (Å²) in [4.78, 5) is 38.3. The van der Waals surface area contributed by atoms with Crippen LogP contribution >= 0.6 is 0 Å². The van der Waals surface area contributed by atoms with Gasteiger partial charge in [-0.05, 0) is 19.8 Å². The molecule has 7 nitrogen and oxygen atoms in total. The first-order chi connectivity index (χ1) is 9.92. The van der Waals surface area contributed by atoms with Crippen LogP contribution in [-0.2, 0) is 9.59 Å². The molecule has 0 aliphatic carbocycles. The van der Waals surface area contributed by atoms with Gasteiger partial charge >= 0.3 is 12.0 Å². The van der Waals surface area contributed by atoms with Gasteiger partial charge in [-0.1, -0.05) is 20.3 Å². The molecule has 0 saturated carbocycles. The molecule has 1 fully saturated rings. The number of urea groups is 1. The highest BCUT2D eigenvalue weighted by Gasteiger charge is 2.37. The molecular formula is C14H25N3O4. The van der Waals surface area contributed by atoms with Crippen molar-refractivity contribution in [1.29, 1.82) is 0 Å².